The Kier molecular flexibility index (Phi) is 4.00. The number of amides is 1. The molecule has 0 radical (unpaired) electrons. The molecule has 2 heterocycles. The fraction of sp³-hybridized carbons (Fsp3) is 0.200. The highest BCUT2D eigenvalue weighted by Crippen LogP contribution is 2.15. The average Bonchev–Trinajstić information content (AvgIpc) is 2.99. The molecule has 2 rings (SSSR count). The highest BCUT2D eigenvalue weighted by Gasteiger charge is 2.16. The second-order valence-corrected chi connectivity index (χ2v) is 4.80. The van der Waals surface area contributed by atoms with E-state index in [0.29, 0.717) is 5.13 Å². The molecule has 0 aliphatic carbocycles. The summed E-state index contributed by atoms with van der Waals surface area (Å²) in [5, 5.41) is 6.50. The number of carbonyl (C=O) groups is 2. The second-order valence-electron chi connectivity index (χ2n) is 3.05. The van der Waals surface area contributed by atoms with Gasteiger partial charge in [0.05, 0.1) is 6.61 Å². The maximum atomic E-state index is 11.8. The molecular formula is C10H9N3O3S2. The molecule has 2 aromatic rings. The van der Waals surface area contributed by atoms with Gasteiger partial charge in [-0.05, 0) is 6.92 Å². The van der Waals surface area contributed by atoms with Crippen LogP contribution in [-0.2, 0) is 4.74 Å². The fourth-order valence-electron chi connectivity index (χ4n) is 1.11. The molecular weight excluding hydrogens is 274 g/mol. The Morgan fingerprint density at radius 2 is 2.28 bits per heavy atom. The van der Waals surface area contributed by atoms with Crippen LogP contribution in [0.2, 0.25) is 0 Å². The first-order chi connectivity index (χ1) is 8.70. The van der Waals surface area contributed by atoms with Crippen LogP contribution in [0.25, 0.3) is 0 Å². The molecule has 0 aromatic carbocycles. The van der Waals surface area contributed by atoms with Gasteiger partial charge in [0.1, 0.15) is 5.69 Å². The third-order valence-corrected chi connectivity index (χ3v) is 3.35. The third-order valence-electron chi connectivity index (χ3n) is 1.84. The SMILES string of the molecule is CCOC(=O)c1nc(C(=O)Nc2nccs2)cs1. The fourth-order valence-corrected chi connectivity index (χ4v) is 2.32. The number of thiazole rings is 2. The summed E-state index contributed by atoms with van der Waals surface area (Å²) >= 11 is 2.38. The van der Waals surface area contributed by atoms with Crippen LogP contribution >= 0.6 is 22.7 Å². The lowest BCUT2D eigenvalue weighted by atomic mass is 10.4. The molecule has 0 bridgehead atoms. The van der Waals surface area contributed by atoms with E-state index in [9.17, 15) is 9.59 Å². The molecule has 0 spiro atoms. The van der Waals surface area contributed by atoms with Gasteiger partial charge in [-0.25, -0.2) is 14.8 Å². The minimum absolute atomic E-state index is 0.168. The minimum atomic E-state index is -0.518. The Morgan fingerprint density at radius 3 is 2.94 bits per heavy atom. The number of rotatable bonds is 4. The van der Waals surface area contributed by atoms with Gasteiger partial charge in [-0.2, -0.15) is 0 Å². The first-order valence-electron chi connectivity index (χ1n) is 5.04. The van der Waals surface area contributed by atoms with E-state index < -0.39 is 11.9 Å². The molecule has 94 valence electrons. The van der Waals surface area contributed by atoms with Crippen molar-refractivity contribution in [2.45, 2.75) is 6.92 Å². The number of anilines is 1. The molecule has 1 N–H and O–H groups in total. The maximum Gasteiger partial charge on any atom is 0.367 e. The molecule has 18 heavy (non-hydrogen) atoms. The van der Waals surface area contributed by atoms with E-state index >= 15 is 0 Å². The number of nitrogens with one attached hydrogen (secondary N) is 1. The van der Waals surface area contributed by atoms with Crippen molar-refractivity contribution in [1.29, 1.82) is 0 Å². The lowest BCUT2D eigenvalue weighted by Crippen LogP contribution is -2.13. The van der Waals surface area contributed by atoms with Gasteiger partial charge in [-0.1, -0.05) is 0 Å². The summed E-state index contributed by atoms with van der Waals surface area (Å²) in [6.07, 6.45) is 1.59. The Hall–Kier alpha value is -1.80. The van der Waals surface area contributed by atoms with Crippen LogP contribution in [-0.4, -0.2) is 28.5 Å². The monoisotopic (exact) mass is 283 g/mol. The van der Waals surface area contributed by atoms with Gasteiger partial charge in [0.2, 0.25) is 5.01 Å². The molecule has 8 heteroatoms. The van der Waals surface area contributed by atoms with E-state index in [4.69, 9.17) is 4.74 Å². The van der Waals surface area contributed by atoms with Crippen molar-refractivity contribution in [3.8, 4) is 0 Å². The summed E-state index contributed by atoms with van der Waals surface area (Å²) in [6, 6.07) is 0. The quantitative estimate of drug-likeness (QED) is 0.868. The number of aromatic nitrogens is 2. The molecule has 0 saturated carbocycles. The first-order valence-corrected chi connectivity index (χ1v) is 6.80. The zero-order chi connectivity index (χ0) is 13.0. The molecule has 2 aromatic heterocycles. The van der Waals surface area contributed by atoms with Crippen LogP contribution < -0.4 is 5.32 Å². The molecule has 0 atom stereocenters. The van der Waals surface area contributed by atoms with Gasteiger partial charge in [-0.3, -0.25) is 10.1 Å². The molecule has 0 unspecified atom stereocenters. The number of nitrogens with zero attached hydrogens (tertiary/aromatic N) is 2. The Morgan fingerprint density at radius 1 is 1.44 bits per heavy atom. The Labute approximate surface area is 111 Å². The van der Waals surface area contributed by atoms with Crippen LogP contribution in [0.1, 0.15) is 27.2 Å². The number of ether oxygens (including phenoxy) is 1. The largest absolute Gasteiger partial charge is 0.461 e. The van der Waals surface area contributed by atoms with Crippen LogP contribution in [0, 0.1) is 0 Å². The standard InChI is InChI=1S/C10H9N3O3S2/c1-2-16-9(15)8-12-6(5-18-8)7(14)13-10-11-3-4-17-10/h3-5H,2H2,1H3,(H,11,13,14). The van der Waals surface area contributed by atoms with Gasteiger partial charge in [0.25, 0.3) is 5.91 Å². The Bertz CT molecular complexity index is 550. The number of hydrogen-bond donors (Lipinski definition) is 1. The number of hydrogen-bond acceptors (Lipinski definition) is 7. The molecule has 1 amide bonds. The van der Waals surface area contributed by atoms with Crippen molar-refractivity contribution in [1.82, 2.24) is 9.97 Å². The summed E-state index contributed by atoms with van der Waals surface area (Å²) < 4.78 is 4.79. The normalized spacial score (nSPS) is 10.1. The molecule has 0 aliphatic rings. The summed E-state index contributed by atoms with van der Waals surface area (Å²) in [7, 11) is 0. The minimum Gasteiger partial charge on any atom is -0.461 e. The molecule has 0 aliphatic heterocycles. The highest BCUT2D eigenvalue weighted by atomic mass is 32.1. The topological polar surface area (TPSA) is 81.2 Å². The zero-order valence-electron chi connectivity index (χ0n) is 9.37. The van der Waals surface area contributed by atoms with Crippen LogP contribution in [0.4, 0.5) is 5.13 Å². The first kappa shape index (κ1) is 12.7. The van der Waals surface area contributed by atoms with Crippen LogP contribution in [0.5, 0.6) is 0 Å². The lowest BCUT2D eigenvalue weighted by Gasteiger charge is -1.97. The molecule has 0 fully saturated rings. The molecule has 0 saturated heterocycles. The van der Waals surface area contributed by atoms with Gasteiger partial charge >= 0.3 is 5.97 Å². The van der Waals surface area contributed by atoms with Crippen molar-refractivity contribution >= 4 is 39.7 Å². The Balaban J connectivity index is 2.05. The second kappa shape index (κ2) is 5.69. The third kappa shape index (κ3) is 2.90. The predicted molar refractivity (Wildman–Crippen MR) is 68.1 cm³/mol. The van der Waals surface area contributed by atoms with Gasteiger partial charge < -0.3 is 4.74 Å². The summed E-state index contributed by atoms with van der Waals surface area (Å²) in [5.74, 6) is -0.910. The van der Waals surface area contributed by atoms with Gasteiger partial charge in [0.15, 0.2) is 5.13 Å². The summed E-state index contributed by atoms with van der Waals surface area (Å²) in [5.41, 5.74) is 0.179. The van der Waals surface area contributed by atoms with Crippen molar-refractivity contribution in [3.63, 3.8) is 0 Å². The molecule has 6 nitrogen and oxygen atoms in total. The number of carbonyl (C=O) groups excluding carboxylic acids is 2. The highest BCUT2D eigenvalue weighted by molar-refractivity contribution is 7.13. The average molecular weight is 283 g/mol. The van der Waals surface area contributed by atoms with E-state index in [-0.39, 0.29) is 17.3 Å². The van der Waals surface area contributed by atoms with Crippen LogP contribution in [0.3, 0.4) is 0 Å². The predicted octanol–water partition coefficient (Wildman–Crippen LogP) is 2.03. The van der Waals surface area contributed by atoms with Crippen molar-refractivity contribution < 1.29 is 14.3 Å². The number of esters is 1. The van der Waals surface area contributed by atoms with Gasteiger partial charge in [0, 0.05) is 17.0 Å². The van der Waals surface area contributed by atoms with E-state index in [1.807, 2.05) is 0 Å². The van der Waals surface area contributed by atoms with Gasteiger partial charge in [-0.15, -0.1) is 22.7 Å². The van der Waals surface area contributed by atoms with E-state index in [2.05, 4.69) is 15.3 Å². The maximum absolute atomic E-state index is 11.8. The van der Waals surface area contributed by atoms with E-state index in [0.717, 1.165) is 11.3 Å². The van der Waals surface area contributed by atoms with Crippen LogP contribution in [0.15, 0.2) is 17.0 Å². The van der Waals surface area contributed by atoms with E-state index in [1.165, 1.54) is 16.7 Å². The summed E-state index contributed by atoms with van der Waals surface area (Å²) in [6.45, 7) is 1.99. The zero-order valence-corrected chi connectivity index (χ0v) is 11.0. The smallest absolute Gasteiger partial charge is 0.367 e. The lowest BCUT2D eigenvalue weighted by molar-refractivity contribution is 0.0526. The van der Waals surface area contributed by atoms with E-state index in [1.54, 1.807) is 18.5 Å². The van der Waals surface area contributed by atoms with Crippen molar-refractivity contribution in [3.05, 3.63) is 27.7 Å². The van der Waals surface area contributed by atoms with Crippen molar-refractivity contribution in [2.24, 2.45) is 0 Å². The summed E-state index contributed by atoms with van der Waals surface area (Å²) in [4.78, 5) is 31.0. The van der Waals surface area contributed by atoms with Crippen molar-refractivity contribution in [2.75, 3.05) is 11.9 Å².